The number of nitrogens with one attached hydrogen (secondary N) is 3. The van der Waals surface area contributed by atoms with Gasteiger partial charge in [-0.25, -0.2) is 13.1 Å². The molecule has 67 heavy (non-hydrogen) atoms. The Hall–Kier alpha value is -5.75. The molecule has 1 amide bonds. The van der Waals surface area contributed by atoms with Crippen LogP contribution in [0.5, 0.6) is 5.88 Å². The molecule has 1 spiro atoms. The highest BCUT2D eigenvalue weighted by atomic mass is 32.2. The summed E-state index contributed by atoms with van der Waals surface area (Å²) >= 11 is 0. The van der Waals surface area contributed by atoms with E-state index in [4.69, 9.17) is 19.2 Å². The van der Waals surface area contributed by atoms with Crippen LogP contribution in [0.3, 0.4) is 0 Å². The number of piperidine rings is 1. The number of amides is 1. The molecule has 0 bridgehead atoms. The lowest BCUT2D eigenvalue weighted by Crippen LogP contribution is -2.54. The quantitative estimate of drug-likeness (QED) is 0.0860. The molecule has 4 saturated heterocycles. The molecule has 5 fully saturated rings. The van der Waals surface area contributed by atoms with Crippen molar-refractivity contribution in [1.82, 2.24) is 19.6 Å². The molecule has 6 aliphatic rings. The molecule has 1 saturated carbocycles. The Morgan fingerprint density at radius 3 is 2.58 bits per heavy atom. The Balaban J connectivity index is 0.874. The first-order valence-corrected chi connectivity index (χ1v) is 25.4. The van der Waals surface area contributed by atoms with Crippen molar-refractivity contribution in [3.63, 3.8) is 0 Å². The number of hydrogen-bond donors (Lipinski definition) is 3. The summed E-state index contributed by atoms with van der Waals surface area (Å²) in [6.45, 7) is 8.11. The molecule has 352 valence electrons. The van der Waals surface area contributed by atoms with Gasteiger partial charge in [0.25, 0.3) is 21.6 Å². The predicted octanol–water partition coefficient (Wildman–Crippen LogP) is 7.87. The number of aryl methyl sites for hydroxylation is 1. The maximum atomic E-state index is 14.6. The summed E-state index contributed by atoms with van der Waals surface area (Å²) in [6.07, 6.45) is 10.2. The van der Waals surface area contributed by atoms with E-state index in [1.807, 2.05) is 35.4 Å². The number of rotatable bonds is 11. The van der Waals surface area contributed by atoms with Crippen molar-refractivity contribution >= 4 is 55.4 Å². The van der Waals surface area contributed by atoms with Crippen molar-refractivity contribution in [2.75, 3.05) is 74.3 Å². The lowest BCUT2D eigenvalue weighted by molar-refractivity contribution is -0.384. The van der Waals surface area contributed by atoms with Gasteiger partial charge in [0.15, 0.2) is 0 Å². The van der Waals surface area contributed by atoms with Gasteiger partial charge in [-0.05, 0) is 130 Å². The Morgan fingerprint density at radius 2 is 1.78 bits per heavy atom. The summed E-state index contributed by atoms with van der Waals surface area (Å²) in [4.78, 5) is 41.1. The van der Waals surface area contributed by atoms with E-state index in [2.05, 4.69) is 56.0 Å². The van der Waals surface area contributed by atoms with Gasteiger partial charge in [0.05, 0.1) is 34.3 Å². The summed E-state index contributed by atoms with van der Waals surface area (Å²) in [7, 11) is -4.58. The molecule has 7 heterocycles. The van der Waals surface area contributed by atoms with Crippen LogP contribution in [-0.2, 0) is 19.5 Å². The molecule has 11 rings (SSSR count). The van der Waals surface area contributed by atoms with Crippen molar-refractivity contribution in [3.8, 4) is 5.88 Å². The average Bonchev–Trinajstić information content (AvgIpc) is 4.09. The van der Waals surface area contributed by atoms with Crippen molar-refractivity contribution in [2.45, 2.75) is 81.4 Å². The zero-order valence-corrected chi connectivity index (χ0v) is 38.6. The number of fused-ring (bicyclic) bond motifs is 3. The number of hydrogen-bond acceptors (Lipinski definition) is 13. The van der Waals surface area contributed by atoms with Crippen LogP contribution in [0, 0.1) is 34.3 Å². The highest BCUT2D eigenvalue weighted by molar-refractivity contribution is 7.90. The first-order chi connectivity index (χ1) is 32.5. The number of nitrogens with zero attached hydrogens (tertiary/aromatic N) is 5. The van der Waals surface area contributed by atoms with Gasteiger partial charge in [0, 0.05) is 80.7 Å². The Kier molecular flexibility index (Phi) is 11.6. The van der Waals surface area contributed by atoms with Crippen LogP contribution < -0.4 is 24.6 Å². The van der Waals surface area contributed by atoms with Crippen LogP contribution in [0.4, 0.5) is 28.4 Å². The van der Waals surface area contributed by atoms with Gasteiger partial charge in [-0.2, -0.15) is 4.98 Å². The number of carbonyl (C=O) groups excluding carboxylic acids is 1. The van der Waals surface area contributed by atoms with E-state index in [1.165, 1.54) is 48.9 Å². The summed E-state index contributed by atoms with van der Waals surface area (Å²) < 4.78 is 48.3. The molecule has 1 aliphatic carbocycles. The van der Waals surface area contributed by atoms with Crippen molar-refractivity contribution in [2.24, 2.45) is 17.3 Å². The standard InChI is InChI=1S/C50H58N8O8S/c1-32-5-2-3-6-39(32)42-7-4-18-56(42)37-26-50(27-37)15-19-55(20-16-50)36-8-10-40(43(24-36)57-29-35-30-65-31-46(35)66-49-45(57)23-34-12-17-51-47(34)53-49)48(59)54-67(62,63)38-9-11-41(44(25-38)58(60)61)52-28-33-13-21-64-22-14-33/h2-3,5-6,8-12,17,23-25,33,35,37,42,46,52H,4,7,13-16,18-22,26-31H2,1H3,(H,51,53)(H,54,59)/t35-,42+,46+/m1/s1. The average molecular weight is 931 g/mol. The molecular weight excluding hydrogens is 873 g/mol. The highest BCUT2D eigenvalue weighted by Crippen LogP contribution is 2.54. The smallest absolute Gasteiger partial charge is 0.293 e. The molecule has 3 N–H and O–H groups in total. The number of H-pyrrole nitrogens is 1. The van der Waals surface area contributed by atoms with Crippen LogP contribution in [0.15, 0.2) is 83.9 Å². The SMILES string of the molecule is Cc1ccccc1[C@@H]1CCCN1C1CC2(CCN(c3ccc(C(=O)NS(=O)(=O)c4ccc(NCC5CCOCC5)c([N+](=O)[O-])c4)c(N4C[C@@H]5COC[C@@H]5Oc5nc6[nH]ccc6cc54)c3)CC2)C1. The van der Waals surface area contributed by atoms with Crippen LogP contribution in [0.25, 0.3) is 11.0 Å². The summed E-state index contributed by atoms with van der Waals surface area (Å²) in [5.74, 6) is -0.275. The Labute approximate surface area is 390 Å². The Bertz CT molecular complexity index is 2800. The third-order valence-electron chi connectivity index (χ3n) is 15.6. The van der Waals surface area contributed by atoms with Crippen molar-refractivity contribution in [3.05, 3.63) is 106 Å². The van der Waals surface area contributed by atoms with Gasteiger partial charge in [-0.3, -0.25) is 19.8 Å². The zero-order chi connectivity index (χ0) is 45.9. The molecular formula is C50H58N8O8S. The van der Waals surface area contributed by atoms with E-state index in [0.717, 1.165) is 62.5 Å². The minimum Gasteiger partial charge on any atom is -0.470 e. The summed E-state index contributed by atoms with van der Waals surface area (Å²) in [5, 5.41) is 16.3. The zero-order valence-electron chi connectivity index (χ0n) is 37.8. The number of anilines is 4. The third-order valence-corrected chi connectivity index (χ3v) is 16.9. The number of nitro groups is 1. The van der Waals surface area contributed by atoms with Crippen LogP contribution in [0.2, 0.25) is 0 Å². The third kappa shape index (κ3) is 8.48. The van der Waals surface area contributed by atoms with E-state index in [9.17, 15) is 23.3 Å². The molecule has 0 radical (unpaired) electrons. The first-order valence-electron chi connectivity index (χ1n) is 23.9. The second-order valence-electron chi connectivity index (χ2n) is 19.6. The molecule has 3 aromatic carbocycles. The van der Waals surface area contributed by atoms with Crippen molar-refractivity contribution < 1.29 is 32.3 Å². The number of aromatic amines is 1. The Morgan fingerprint density at radius 1 is 0.955 bits per heavy atom. The molecule has 17 heteroatoms. The lowest BCUT2D eigenvalue weighted by atomic mass is 9.59. The molecule has 3 atom stereocenters. The number of sulfonamides is 1. The van der Waals surface area contributed by atoms with Crippen LogP contribution in [-0.4, -0.2) is 105 Å². The normalized spacial score (nSPS) is 23.3. The van der Waals surface area contributed by atoms with Crippen LogP contribution >= 0.6 is 0 Å². The highest BCUT2D eigenvalue weighted by Gasteiger charge is 2.50. The fraction of sp³-hybridized carbons (Fsp3) is 0.480. The monoisotopic (exact) mass is 930 g/mol. The van der Waals surface area contributed by atoms with Gasteiger partial charge in [0.1, 0.15) is 23.1 Å². The number of nitro benzene ring substituents is 1. The number of benzene rings is 3. The molecule has 5 aromatic rings. The van der Waals surface area contributed by atoms with E-state index in [-0.39, 0.29) is 29.2 Å². The minimum atomic E-state index is -4.58. The molecule has 16 nitrogen and oxygen atoms in total. The topological polar surface area (TPSA) is 184 Å². The van der Waals surface area contributed by atoms with Gasteiger partial charge in [-0.1, -0.05) is 24.3 Å². The molecule has 5 aliphatic heterocycles. The summed E-state index contributed by atoms with van der Waals surface area (Å²) in [6, 6.07) is 23.1. The number of carbonyl (C=O) groups is 1. The number of aromatic nitrogens is 2. The number of ether oxygens (including phenoxy) is 3. The van der Waals surface area contributed by atoms with E-state index < -0.39 is 31.4 Å². The van der Waals surface area contributed by atoms with Crippen molar-refractivity contribution in [1.29, 1.82) is 0 Å². The van der Waals surface area contributed by atoms with Gasteiger partial charge in [0.2, 0.25) is 5.88 Å². The molecule has 0 unspecified atom stereocenters. The molecule has 2 aromatic heterocycles. The maximum absolute atomic E-state index is 14.6. The summed E-state index contributed by atoms with van der Waals surface area (Å²) in [5.41, 5.74) is 5.82. The van der Waals surface area contributed by atoms with E-state index >= 15 is 0 Å². The fourth-order valence-electron chi connectivity index (χ4n) is 11.7. The van der Waals surface area contributed by atoms with E-state index in [0.29, 0.717) is 79.9 Å². The first kappa shape index (κ1) is 43.8. The number of pyridine rings is 1. The minimum absolute atomic E-state index is 0.0719. The number of likely N-dealkylation sites (tertiary alicyclic amines) is 1. The second-order valence-corrected chi connectivity index (χ2v) is 21.3. The maximum Gasteiger partial charge on any atom is 0.293 e. The van der Waals surface area contributed by atoms with Gasteiger partial charge in [-0.15, -0.1) is 0 Å². The van der Waals surface area contributed by atoms with Gasteiger partial charge < -0.3 is 34.3 Å². The second kappa shape index (κ2) is 17.7. The predicted molar refractivity (Wildman–Crippen MR) is 255 cm³/mol. The largest absolute Gasteiger partial charge is 0.470 e. The van der Waals surface area contributed by atoms with Crippen LogP contribution in [0.1, 0.15) is 78.9 Å². The fourth-order valence-corrected chi connectivity index (χ4v) is 12.7. The van der Waals surface area contributed by atoms with E-state index in [1.54, 1.807) is 6.07 Å². The lowest BCUT2D eigenvalue weighted by Gasteiger charge is -2.56. The van der Waals surface area contributed by atoms with Gasteiger partial charge >= 0.3 is 0 Å².